The Morgan fingerprint density at radius 3 is 2.70 bits per heavy atom. The molecule has 1 saturated heterocycles. The average molecular weight is 500 g/mol. The quantitative estimate of drug-likeness (QED) is 0.496. The first-order valence-electron chi connectivity index (χ1n) is 13.2. The van der Waals surface area contributed by atoms with Gasteiger partial charge in [0.25, 0.3) is 0 Å². The zero-order chi connectivity index (χ0) is 25.5. The van der Waals surface area contributed by atoms with Gasteiger partial charge in [-0.3, -0.25) is 9.59 Å². The van der Waals surface area contributed by atoms with Gasteiger partial charge in [0.15, 0.2) is 0 Å². The summed E-state index contributed by atoms with van der Waals surface area (Å²) in [6.45, 7) is 0.700. The lowest BCUT2D eigenvalue weighted by atomic mass is 9.85. The van der Waals surface area contributed by atoms with Gasteiger partial charge in [-0.15, -0.1) is 0 Å². The van der Waals surface area contributed by atoms with E-state index in [9.17, 15) is 9.59 Å². The molecular weight excluding hydrogens is 466 g/mol. The molecule has 0 bridgehead atoms. The number of hydrogen-bond acceptors (Lipinski definition) is 4. The van der Waals surface area contributed by atoms with Crippen molar-refractivity contribution in [2.45, 2.75) is 50.6 Å². The first-order valence-corrected chi connectivity index (χ1v) is 13.2. The number of carbonyl (C=O) groups is 2. The van der Waals surface area contributed by atoms with E-state index in [0.29, 0.717) is 24.5 Å². The van der Waals surface area contributed by atoms with Crippen molar-refractivity contribution in [2.24, 2.45) is 0 Å². The second kappa shape index (κ2) is 9.61. The number of aromatic nitrogens is 1. The molecule has 0 saturated carbocycles. The van der Waals surface area contributed by atoms with Gasteiger partial charge in [-0.1, -0.05) is 29.8 Å². The number of aromatic amines is 1. The molecule has 192 valence electrons. The molecule has 0 spiro atoms. The van der Waals surface area contributed by atoms with Gasteiger partial charge in [-0.05, 0) is 55.9 Å². The minimum atomic E-state index is -0.551. The molecule has 7 nitrogen and oxygen atoms in total. The van der Waals surface area contributed by atoms with E-state index >= 15 is 0 Å². The van der Waals surface area contributed by atoms with Gasteiger partial charge in [0, 0.05) is 41.2 Å². The van der Waals surface area contributed by atoms with Crippen molar-refractivity contribution in [1.29, 1.82) is 0 Å². The second-order valence-electron chi connectivity index (χ2n) is 10.2. The van der Waals surface area contributed by atoms with E-state index in [-0.39, 0.29) is 18.4 Å². The standard InChI is InChI=1S/C30H33N3O4/c1-36-20-12-13-22(26(16-20)37-2)29-28-23(21-10-6-7-11-24(21)31-28)17-25-30(35)32(18-27(34)33(25)29)15-14-19-8-4-3-5-9-19/h6-8,10-13,16,25,29,31H,3-5,9,14-15,17-18H2,1-2H3/t25-,29?/m1/s1. The number of hydrogen-bond donors (Lipinski definition) is 1. The number of para-hydroxylation sites is 1. The Labute approximate surface area is 217 Å². The van der Waals surface area contributed by atoms with Crippen LogP contribution in [0.1, 0.15) is 55.0 Å². The highest BCUT2D eigenvalue weighted by molar-refractivity contribution is 5.97. The van der Waals surface area contributed by atoms with Crippen LogP contribution < -0.4 is 9.47 Å². The predicted molar refractivity (Wildman–Crippen MR) is 142 cm³/mol. The lowest BCUT2D eigenvalue weighted by molar-refractivity contribution is -0.158. The van der Waals surface area contributed by atoms with Crippen molar-refractivity contribution in [2.75, 3.05) is 27.3 Å². The third kappa shape index (κ3) is 4.06. The minimum Gasteiger partial charge on any atom is -0.497 e. The first-order chi connectivity index (χ1) is 18.1. The number of benzene rings is 2. The van der Waals surface area contributed by atoms with E-state index in [1.54, 1.807) is 24.0 Å². The van der Waals surface area contributed by atoms with E-state index in [2.05, 4.69) is 17.1 Å². The molecule has 2 aliphatic heterocycles. The van der Waals surface area contributed by atoms with Crippen molar-refractivity contribution in [1.82, 2.24) is 14.8 Å². The number of nitrogens with one attached hydrogen (secondary N) is 1. The summed E-state index contributed by atoms with van der Waals surface area (Å²) in [5, 5.41) is 1.10. The fourth-order valence-electron chi connectivity index (χ4n) is 6.29. The summed E-state index contributed by atoms with van der Waals surface area (Å²) in [5.74, 6) is 1.30. The Hall–Kier alpha value is -3.74. The smallest absolute Gasteiger partial charge is 0.246 e. The molecule has 2 amide bonds. The molecule has 0 radical (unpaired) electrons. The summed E-state index contributed by atoms with van der Waals surface area (Å²) in [6, 6.07) is 12.8. The molecule has 3 aliphatic rings. The van der Waals surface area contributed by atoms with Crippen LogP contribution in [0.3, 0.4) is 0 Å². The van der Waals surface area contributed by atoms with Gasteiger partial charge in [-0.2, -0.15) is 0 Å². The molecule has 1 fully saturated rings. The number of carbonyl (C=O) groups excluding carboxylic acids is 2. The van der Waals surface area contributed by atoms with Crippen LogP contribution in [-0.4, -0.2) is 59.9 Å². The molecule has 6 rings (SSSR count). The lowest BCUT2D eigenvalue weighted by Crippen LogP contribution is -2.63. The van der Waals surface area contributed by atoms with Gasteiger partial charge >= 0.3 is 0 Å². The molecular formula is C30H33N3O4. The Bertz CT molecular complexity index is 1390. The highest BCUT2D eigenvalue weighted by Crippen LogP contribution is 2.45. The average Bonchev–Trinajstić information content (AvgIpc) is 3.31. The van der Waals surface area contributed by atoms with Crippen molar-refractivity contribution >= 4 is 22.7 Å². The second-order valence-corrected chi connectivity index (χ2v) is 10.2. The van der Waals surface area contributed by atoms with Crippen molar-refractivity contribution in [3.63, 3.8) is 0 Å². The summed E-state index contributed by atoms with van der Waals surface area (Å²) in [7, 11) is 3.24. The fourth-order valence-corrected chi connectivity index (χ4v) is 6.29. The molecule has 1 aromatic heterocycles. The highest BCUT2D eigenvalue weighted by atomic mass is 16.5. The van der Waals surface area contributed by atoms with E-state index < -0.39 is 12.1 Å². The van der Waals surface area contributed by atoms with Crippen molar-refractivity contribution in [3.05, 3.63) is 70.9 Å². The van der Waals surface area contributed by atoms with Crippen LogP contribution in [0.25, 0.3) is 10.9 Å². The van der Waals surface area contributed by atoms with E-state index in [0.717, 1.165) is 47.0 Å². The number of piperazine rings is 1. The van der Waals surface area contributed by atoms with Crippen LogP contribution in [-0.2, 0) is 16.0 Å². The Morgan fingerprint density at radius 2 is 1.92 bits per heavy atom. The Balaban J connectivity index is 1.42. The normalized spacial score (nSPS) is 21.5. The SMILES string of the molecule is COc1ccc(C2c3[nH]c4ccccc4c3C[C@@H]3C(=O)N(CCC4=CCCCC4)CC(=O)N23)c(OC)c1. The fraction of sp³-hybridized carbons (Fsp3) is 0.400. The van der Waals surface area contributed by atoms with Crippen LogP contribution in [0.15, 0.2) is 54.1 Å². The summed E-state index contributed by atoms with van der Waals surface area (Å²) < 4.78 is 11.2. The van der Waals surface area contributed by atoms with Gasteiger partial charge in [0.2, 0.25) is 11.8 Å². The number of allylic oxidation sites excluding steroid dienone is 1. The van der Waals surface area contributed by atoms with Gasteiger partial charge < -0.3 is 24.3 Å². The van der Waals surface area contributed by atoms with Crippen LogP contribution in [0.4, 0.5) is 0 Å². The molecule has 3 aromatic rings. The maximum absolute atomic E-state index is 13.9. The predicted octanol–water partition coefficient (Wildman–Crippen LogP) is 4.76. The molecule has 37 heavy (non-hydrogen) atoms. The van der Waals surface area contributed by atoms with Gasteiger partial charge in [-0.25, -0.2) is 0 Å². The first kappa shape index (κ1) is 23.6. The topological polar surface area (TPSA) is 74.9 Å². The minimum absolute atomic E-state index is 0.0319. The lowest BCUT2D eigenvalue weighted by Gasteiger charge is -2.47. The number of amides is 2. The largest absolute Gasteiger partial charge is 0.497 e. The van der Waals surface area contributed by atoms with Crippen LogP contribution in [0.5, 0.6) is 11.5 Å². The van der Waals surface area contributed by atoms with E-state index in [4.69, 9.17) is 9.47 Å². The van der Waals surface area contributed by atoms with E-state index in [1.165, 1.54) is 18.4 Å². The monoisotopic (exact) mass is 499 g/mol. The van der Waals surface area contributed by atoms with Crippen LogP contribution >= 0.6 is 0 Å². The summed E-state index contributed by atoms with van der Waals surface area (Å²) in [5.41, 5.74) is 5.30. The number of methoxy groups -OCH3 is 2. The zero-order valence-electron chi connectivity index (χ0n) is 21.5. The van der Waals surface area contributed by atoms with Gasteiger partial charge in [0.05, 0.1) is 20.8 Å². The van der Waals surface area contributed by atoms with Gasteiger partial charge in [0.1, 0.15) is 23.6 Å². The molecule has 3 heterocycles. The number of ether oxygens (including phenoxy) is 2. The maximum Gasteiger partial charge on any atom is 0.246 e. The van der Waals surface area contributed by atoms with Crippen LogP contribution in [0.2, 0.25) is 0 Å². The molecule has 7 heteroatoms. The van der Waals surface area contributed by atoms with Crippen molar-refractivity contribution in [3.8, 4) is 11.5 Å². The van der Waals surface area contributed by atoms with E-state index in [1.807, 2.05) is 36.4 Å². The zero-order valence-corrected chi connectivity index (χ0v) is 21.5. The summed E-state index contributed by atoms with van der Waals surface area (Å²) >= 11 is 0. The maximum atomic E-state index is 13.9. The molecule has 2 aromatic carbocycles. The third-order valence-corrected chi connectivity index (χ3v) is 8.17. The number of H-pyrrole nitrogens is 1. The molecule has 2 atom stereocenters. The number of fused-ring (bicyclic) bond motifs is 4. The summed E-state index contributed by atoms with van der Waals surface area (Å²) in [6.07, 6.45) is 8.33. The number of nitrogens with zero attached hydrogens (tertiary/aromatic N) is 2. The summed E-state index contributed by atoms with van der Waals surface area (Å²) in [4.78, 5) is 34.9. The van der Waals surface area contributed by atoms with Crippen molar-refractivity contribution < 1.29 is 19.1 Å². The highest BCUT2D eigenvalue weighted by Gasteiger charge is 2.48. The number of rotatable bonds is 6. The molecule has 1 aliphatic carbocycles. The van der Waals surface area contributed by atoms with Crippen LogP contribution in [0, 0.1) is 0 Å². The molecule has 1 unspecified atom stereocenters. The third-order valence-electron chi connectivity index (χ3n) is 8.17. The molecule has 1 N–H and O–H groups in total. The Kier molecular flexibility index (Phi) is 6.14. The Morgan fingerprint density at radius 1 is 1.05 bits per heavy atom.